The molecule has 1 heterocycles. The molecule has 7 heteroatoms. The lowest BCUT2D eigenvalue weighted by Gasteiger charge is -2.10. The molecule has 0 fully saturated rings. The summed E-state index contributed by atoms with van der Waals surface area (Å²) >= 11 is 6.08. The first-order valence-electron chi connectivity index (χ1n) is 8.22. The van der Waals surface area contributed by atoms with Crippen LogP contribution in [-0.4, -0.2) is 21.7 Å². The van der Waals surface area contributed by atoms with Gasteiger partial charge in [0.05, 0.1) is 10.7 Å². The first-order valence-corrected chi connectivity index (χ1v) is 8.60. The van der Waals surface area contributed by atoms with Crippen LogP contribution in [0.25, 0.3) is 0 Å². The molecule has 2 N–H and O–H groups in total. The molecule has 6 nitrogen and oxygen atoms in total. The van der Waals surface area contributed by atoms with Gasteiger partial charge in [-0.3, -0.25) is 9.59 Å². The van der Waals surface area contributed by atoms with Crippen LogP contribution in [0.3, 0.4) is 0 Å². The highest BCUT2D eigenvalue weighted by Crippen LogP contribution is 2.22. The van der Waals surface area contributed by atoms with E-state index in [4.69, 9.17) is 11.6 Å². The SMILES string of the molecule is CC(=O)c1cccc(Nc2cc(C(=O)Nc3ccccc3Cl)nc(C)n2)c1. The second-order valence-corrected chi connectivity index (χ2v) is 6.29. The van der Waals surface area contributed by atoms with Crippen molar-refractivity contribution in [2.75, 3.05) is 10.6 Å². The van der Waals surface area contributed by atoms with E-state index in [1.165, 1.54) is 6.92 Å². The first-order chi connectivity index (χ1) is 12.9. The lowest BCUT2D eigenvalue weighted by atomic mass is 10.1. The number of hydrogen-bond donors (Lipinski definition) is 2. The number of nitrogens with one attached hydrogen (secondary N) is 2. The number of Topliss-reactive ketones (excluding diaryl/α,β-unsaturated/α-hetero) is 1. The van der Waals surface area contributed by atoms with Crippen molar-refractivity contribution in [2.45, 2.75) is 13.8 Å². The van der Waals surface area contributed by atoms with Crippen LogP contribution in [0.15, 0.2) is 54.6 Å². The Morgan fingerprint density at radius 1 is 1.00 bits per heavy atom. The van der Waals surface area contributed by atoms with Crippen LogP contribution in [0.2, 0.25) is 5.02 Å². The molecule has 0 aliphatic rings. The summed E-state index contributed by atoms with van der Waals surface area (Å²) in [7, 11) is 0. The highest BCUT2D eigenvalue weighted by atomic mass is 35.5. The van der Waals surface area contributed by atoms with E-state index in [-0.39, 0.29) is 11.5 Å². The fraction of sp³-hybridized carbons (Fsp3) is 0.100. The van der Waals surface area contributed by atoms with Crippen molar-refractivity contribution in [3.05, 3.63) is 76.7 Å². The van der Waals surface area contributed by atoms with E-state index in [1.54, 1.807) is 55.5 Å². The molecule has 0 bridgehead atoms. The summed E-state index contributed by atoms with van der Waals surface area (Å²) in [6.07, 6.45) is 0. The van der Waals surface area contributed by atoms with Gasteiger partial charge in [-0.05, 0) is 38.1 Å². The Labute approximate surface area is 161 Å². The highest BCUT2D eigenvalue weighted by molar-refractivity contribution is 6.33. The van der Waals surface area contributed by atoms with Crippen LogP contribution < -0.4 is 10.6 Å². The Morgan fingerprint density at radius 3 is 2.52 bits per heavy atom. The van der Waals surface area contributed by atoms with E-state index in [9.17, 15) is 9.59 Å². The van der Waals surface area contributed by atoms with E-state index < -0.39 is 5.91 Å². The average molecular weight is 381 g/mol. The third-order valence-corrected chi connectivity index (χ3v) is 4.06. The summed E-state index contributed by atoms with van der Waals surface area (Å²) in [5.41, 5.74) is 1.98. The minimum absolute atomic E-state index is 0.0303. The van der Waals surface area contributed by atoms with E-state index in [0.717, 1.165) is 0 Å². The largest absolute Gasteiger partial charge is 0.340 e. The number of anilines is 3. The maximum atomic E-state index is 12.5. The number of hydrogen-bond acceptors (Lipinski definition) is 5. The molecule has 0 atom stereocenters. The number of rotatable bonds is 5. The Bertz CT molecular complexity index is 1020. The minimum Gasteiger partial charge on any atom is -0.340 e. The zero-order valence-electron chi connectivity index (χ0n) is 14.8. The summed E-state index contributed by atoms with van der Waals surface area (Å²) < 4.78 is 0. The molecule has 136 valence electrons. The van der Waals surface area contributed by atoms with Crippen molar-refractivity contribution in [2.24, 2.45) is 0 Å². The van der Waals surface area contributed by atoms with Crippen molar-refractivity contribution < 1.29 is 9.59 Å². The van der Waals surface area contributed by atoms with Gasteiger partial charge in [-0.1, -0.05) is 35.9 Å². The van der Waals surface area contributed by atoms with Gasteiger partial charge in [0.15, 0.2) is 5.78 Å². The quantitative estimate of drug-likeness (QED) is 0.630. The van der Waals surface area contributed by atoms with E-state index in [1.807, 2.05) is 6.07 Å². The molecule has 0 unspecified atom stereocenters. The predicted molar refractivity (Wildman–Crippen MR) is 106 cm³/mol. The van der Waals surface area contributed by atoms with Gasteiger partial charge in [-0.2, -0.15) is 0 Å². The first kappa shape index (κ1) is 18.5. The lowest BCUT2D eigenvalue weighted by Crippen LogP contribution is -2.15. The number of carbonyl (C=O) groups excluding carboxylic acids is 2. The van der Waals surface area contributed by atoms with Gasteiger partial charge >= 0.3 is 0 Å². The number of ketones is 1. The van der Waals surface area contributed by atoms with Crippen LogP contribution in [0.4, 0.5) is 17.2 Å². The molecule has 1 aromatic heterocycles. The van der Waals surface area contributed by atoms with Crippen molar-refractivity contribution >= 4 is 40.5 Å². The second-order valence-electron chi connectivity index (χ2n) is 5.88. The fourth-order valence-electron chi connectivity index (χ4n) is 2.46. The molecular weight excluding hydrogens is 364 g/mol. The second kappa shape index (κ2) is 7.97. The normalized spacial score (nSPS) is 10.3. The number of nitrogens with zero attached hydrogens (tertiary/aromatic N) is 2. The van der Waals surface area contributed by atoms with Crippen molar-refractivity contribution in [1.82, 2.24) is 9.97 Å². The van der Waals surface area contributed by atoms with Crippen LogP contribution in [0, 0.1) is 6.92 Å². The van der Waals surface area contributed by atoms with Crippen LogP contribution in [-0.2, 0) is 0 Å². The fourth-order valence-corrected chi connectivity index (χ4v) is 2.64. The third-order valence-electron chi connectivity index (χ3n) is 3.73. The summed E-state index contributed by atoms with van der Waals surface area (Å²) in [5, 5.41) is 6.28. The molecule has 27 heavy (non-hydrogen) atoms. The third kappa shape index (κ3) is 4.68. The molecule has 2 aromatic carbocycles. The van der Waals surface area contributed by atoms with Crippen LogP contribution in [0.5, 0.6) is 0 Å². The van der Waals surface area contributed by atoms with Gasteiger partial charge in [0.25, 0.3) is 5.91 Å². The van der Waals surface area contributed by atoms with E-state index in [0.29, 0.717) is 33.6 Å². The van der Waals surface area contributed by atoms with Gasteiger partial charge in [0.2, 0.25) is 0 Å². The van der Waals surface area contributed by atoms with Gasteiger partial charge in [-0.25, -0.2) is 9.97 Å². The number of carbonyl (C=O) groups is 2. The summed E-state index contributed by atoms with van der Waals surface area (Å²) in [4.78, 5) is 32.5. The monoisotopic (exact) mass is 380 g/mol. The molecule has 1 amide bonds. The van der Waals surface area contributed by atoms with Gasteiger partial charge < -0.3 is 10.6 Å². The van der Waals surface area contributed by atoms with Gasteiger partial charge in [0.1, 0.15) is 17.3 Å². The van der Waals surface area contributed by atoms with Crippen molar-refractivity contribution in [1.29, 1.82) is 0 Å². The number of benzene rings is 2. The Kier molecular flexibility index (Phi) is 5.47. The molecule has 0 aliphatic heterocycles. The van der Waals surface area contributed by atoms with Gasteiger partial charge in [-0.15, -0.1) is 0 Å². The summed E-state index contributed by atoms with van der Waals surface area (Å²) in [6.45, 7) is 3.20. The number of halogens is 1. The molecule has 0 aliphatic carbocycles. The molecule has 0 spiro atoms. The predicted octanol–water partition coefficient (Wildman–Crippen LogP) is 4.64. The smallest absolute Gasteiger partial charge is 0.274 e. The number of aromatic nitrogens is 2. The maximum Gasteiger partial charge on any atom is 0.274 e. The van der Waals surface area contributed by atoms with Crippen molar-refractivity contribution in [3.63, 3.8) is 0 Å². The lowest BCUT2D eigenvalue weighted by molar-refractivity contribution is 0.101. The summed E-state index contributed by atoms with van der Waals surface area (Å²) in [6, 6.07) is 15.6. The summed E-state index contributed by atoms with van der Waals surface area (Å²) in [5.74, 6) is 0.464. The van der Waals surface area contributed by atoms with E-state index in [2.05, 4.69) is 20.6 Å². The van der Waals surface area contributed by atoms with Crippen LogP contribution in [0.1, 0.15) is 33.6 Å². The Balaban J connectivity index is 1.84. The topological polar surface area (TPSA) is 84.0 Å². The average Bonchev–Trinajstić information content (AvgIpc) is 2.63. The zero-order valence-corrected chi connectivity index (χ0v) is 15.5. The maximum absolute atomic E-state index is 12.5. The number of amides is 1. The molecule has 3 rings (SSSR count). The minimum atomic E-state index is -0.394. The molecule has 0 saturated heterocycles. The standard InChI is InChI=1S/C20H17ClN4O2/c1-12(26)14-6-5-7-15(10-14)24-19-11-18(22-13(2)23-19)20(27)25-17-9-4-3-8-16(17)21/h3-11H,1-2H3,(H,25,27)(H,22,23,24). The van der Waals surface area contributed by atoms with E-state index >= 15 is 0 Å². The van der Waals surface area contributed by atoms with Crippen LogP contribution >= 0.6 is 11.6 Å². The molecule has 0 saturated carbocycles. The Hall–Kier alpha value is -3.25. The highest BCUT2D eigenvalue weighted by Gasteiger charge is 2.13. The molecular formula is C20H17ClN4O2. The van der Waals surface area contributed by atoms with Crippen molar-refractivity contribution in [3.8, 4) is 0 Å². The Morgan fingerprint density at radius 2 is 1.78 bits per heavy atom. The molecule has 0 radical (unpaired) electrons. The molecule has 3 aromatic rings. The zero-order chi connectivity index (χ0) is 19.4. The number of para-hydroxylation sites is 1. The number of aryl methyl sites for hydroxylation is 1. The van der Waals surface area contributed by atoms with Gasteiger partial charge in [0, 0.05) is 17.3 Å².